The summed E-state index contributed by atoms with van der Waals surface area (Å²) in [4.78, 5) is 28.3. The average Bonchev–Trinajstić information content (AvgIpc) is 3.03. The predicted octanol–water partition coefficient (Wildman–Crippen LogP) is 3.18. The van der Waals surface area contributed by atoms with Crippen molar-refractivity contribution >= 4 is 33.4 Å². The molecule has 0 bridgehead atoms. The fourth-order valence-corrected chi connectivity index (χ4v) is 3.52. The minimum atomic E-state index is -0.339. The number of hydrogen-bond donors (Lipinski definition) is 2. The van der Waals surface area contributed by atoms with Crippen LogP contribution in [0.3, 0.4) is 0 Å². The van der Waals surface area contributed by atoms with Gasteiger partial charge in [-0.25, -0.2) is 4.98 Å². The maximum atomic E-state index is 12.3. The molecule has 1 atom stereocenters. The van der Waals surface area contributed by atoms with Crippen molar-refractivity contribution in [3.63, 3.8) is 0 Å². The molecule has 0 aliphatic carbocycles. The molecular weight excluding hydrogens is 334 g/mol. The van der Waals surface area contributed by atoms with Gasteiger partial charge in [0.15, 0.2) is 0 Å². The summed E-state index contributed by atoms with van der Waals surface area (Å²) in [5, 5.41) is 6.59. The van der Waals surface area contributed by atoms with E-state index in [9.17, 15) is 9.59 Å². The Morgan fingerprint density at radius 2 is 1.80 bits per heavy atom. The Bertz CT molecular complexity index is 844. The normalized spacial score (nSPS) is 11.9. The lowest BCUT2D eigenvalue weighted by Gasteiger charge is -2.17. The Hall–Kier alpha value is -2.73. The monoisotopic (exact) mass is 353 g/mol. The van der Waals surface area contributed by atoms with E-state index in [0.29, 0.717) is 6.54 Å². The summed E-state index contributed by atoms with van der Waals surface area (Å²) in [6.07, 6.45) is 0.189. The first-order chi connectivity index (χ1) is 12.1. The average molecular weight is 353 g/mol. The van der Waals surface area contributed by atoms with Gasteiger partial charge in [-0.05, 0) is 17.7 Å². The first-order valence-electron chi connectivity index (χ1n) is 8.05. The third kappa shape index (κ3) is 4.64. The lowest BCUT2D eigenvalue weighted by molar-refractivity contribution is -0.122. The van der Waals surface area contributed by atoms with Gasteiger partial charge < -0.3 is 10.6 Å². The molecule has 0 fully saturated rings. The number of benzene rings is 2. The topological polar surface area (TPSA) is 71.1 Å². The highest BCUT2D eigenvalue weighted by Crippen LogP contribution is 2.21. The SMILES string of the molecule is CC(=O)NC(CC(=O)NCc1nc2ccccc2s1)c1ccccc1. The lowest BCUT2D eigenvalue weighted by Crippen LogP contribution is -2.32. The fourth-order valence-electron chi connectivity index (χ4n) is 2.61. The zero-order valence-corrected chi connectivity index (χ0v) is 14.7. The van der Waals surface area contributed by atoms with Crippen LogP contribution in [-0.2, 0) is 16.1 Å². The largest absolute Gasteiger partial charge is 0.350 e. The second kappa shape index (κ2) is 7.90. The number of rotatable bonds is 6. The molecule has 3 aromatic rings. The van der Waals surface area contributed by atoms with Crippen molar-refractivity contribution in [2.75, 3.05) is 0 Å². The van der Waals surface area contributed by atoms with Gasteiger partial charge in [0, 0.05) is 6.92 Å². The molecule has 1 aromatic heterocycles. The number of nitrogens with zero attached hydrogens (tertiary/aromatic N) is 1. The molecule has 2 aromatic carbocycles. The van der Waals surface area contributed by atoms with Crippen molar-refractivity contribution in [3.05, 3.63) is 65.2 Å². The second-order valence-electron chi connectivity index (χ2n) is 5.72. The summed E-state index contributed by atoms with van der Waals surface area (Å²) in [5.74, 6) is -0.283. The highest BCUT2D eigenvalue weighted by Gasteiger charge is 2.17. The van der Waals surface area contributed by atoms with Crippen molar-refractivity contribution in [2.45, 2.75) is 25.9 Å². The van der Waals surface area contributed by atoms with Gasteiger partial charge >= 0.3 is 0 Å². The summed E-state index contributed by atoms with van der Waals surface area (Å²) < 4.78 is 1.10. The molecule has 2 N–H and O–H groups in total. The Kier molecular flexibility index (Phi) is 5.40. The molecule has 128 valence electrons. The molecule has 6 heteroatoms. The number of thiazole rings is 1. The van der Waals surface area contributed by atoms with Crippen molar-refractivity contribution in [1.29, 1.82) is 0 Å². The van der Waals surface area contributed by atoms with Crippen LogP contribution in [0.5, 0.6) is 0 Å². The van der Waals surface area contributed by atoms with Crippen molar-refractivity contribution in [3.8, 4) is 0 Å². The van der Waals surface area contributed by atoms with Crippen LogP contribution in [-0.4, -0.2) is 16.8 Å². The highest BCUT2D eigenvalue weighted by molar-refractivity contribution is 7.18. The van der Waals surface area contributed by atoms with E-state index >= 15 is 0 Å². The zero-order valence-electron chi connectivity index (χ0n) is 13.9. The van der Waals surface area contributed by atoms with Gasteiger partial charge in [0.2, 0.25) is 11.8 Å². The molecule has 0 aliphatic rings. The molecule has 0 spiro atoms. The van der Waals surface area contributed by atoms with E-state index in [1.807, 2.05) is 54.6 Å². The van der Waals surface area contributed by atoms with Crippen molar-refractivity contribution < 1.29 is 9.59 Å². The Labute approximate surface area is 150 Å². The molecule has 0 aliphatic heterocycles. The third-order valence-electron chi connectivity index (χ3n) is 3.74. The van der Waals surface area contributed by atoms with E-state index < -0.39 is 0 Å². The first kappa shape index (κ1) is 17.1. The van der Waals surface area contributed by atoms with Gasteiger partial charge in [-0.15, -0.1) is 11.3 Å². The number of aromatic nitrogens is 1. The van der Waals surface area contributed by atoms with E-state index in [1.54, 1.807) is 11.3 Å². The van der Waals surface area contributed by atoms with E-state index in [2.05, 4.69) is 15.6 Å². The minimum Gasteiger partial charge on any atom is -0.350 e. The third-order valence-corrected chi connectivity index (χ3v) is 4.78. The molecule has 1 heterocycles. The standard InChI is InChI=1S/C19H19N3O2S/c1-13(23)21-16(14-7-3-2-4-8-14)11-18(24)20-12-19-22-15-9-5-6-10-17(15)25-19/h2-10,16H,11-12H2,1H3,(H,20,24)(H,21,23). The summed E-state index contributed by atoms with van der Waals surface area (Å²) in [5.41, 5.74) is 1.85. The molecule has 0 saturated heterocycles. The number of hydrogen-bond acceptors (Lipinski definition) is 4. The van der Waals surface area contributed by atoms with Gasteiger partial charge in [-0.2, -0.15) is 0 Å². The molecule has 1 unspecified atom stereocenters. The van der Waals surface area contributed by atoms with Crippen LogP contribution in [0.15, 0.2) is 54.6 Å². The number of amides is 2. The van der Waals surface area contributed by atoms with Gasteiger partial charge in [-0.3, -0.25) is 9.59 Å². The van der Waals surface area contributed by atoms with E-state index in [0.717, 1.165) is 20.8 Å². The summed E-state index contributed by atoms with van der Waals surface area (Å²) >= 11 is 1.57. The maximum absolute atomic E-state index is 12.3. The van der Waals surface area contributed by atoms with Crippen LogP contribution in [0.4, 0.5) is 0 Å². The van der Waals surface area contributed by atoms with Crippen molar-refractivity contribution in [1.82, 2.24) is 15.6 Å². The van der Waals surface area contributed by atoms with Crippen molar-refractivity contribution in [2.24, 2.45) is 0 Å². The quantitative estimate of drug-likeness (QED) is 0.715. The lowest BCUT2D eigenvalue weighted by atomic mass is 10.0. The number of fused-ring (bicyclic) bond motifs is 1. The van der Waals surface area contributed by atoms with Crippen LogP contribution < -0.4 is 10.6 Å². The predicted molar refractivity (Wildman–Crippen MR) is 99.1 cm³/mol. The molecule has 3 rings (SSSR count). The number of nitrogens with one attached hydrogen (secondary N) is 2. The first-order valence-corrected chi connectivity index (χ1v) is 8.86. The Morgan fingerprint density at radius 3 is 2.52 bits per heavy atom. The second-order valence-corrected chi connectivity index (χ2v) is 6.84. The molecule has 5 nitrogen and oxygen atoms in total. The smallest absolute Gasteiger partial charge is 0.222 e. The minimum absolute atomic E-state index is 0.123. The van der Waals surface area contributed by atoms with Crippen LogP contribution in [0, 0.1) is 0 Å². The van der Waals surface area contributed by atoms with Crippen LogP contribution in [0.2, 0.25) is 0 Å². The fraction of sp³-hybridized carbons (Fsp3) is 0.211. The number of carbonyl (C=O) groups excluding carboxylic acids is 2. The number of carbonyl (C=O) groups is 2. The summed E-state index contributed by atoms with van der Waals surface area (Å²) in [6, 6.07) is 17.0. The highest BCUT2D eigenvalue weighted by atomic mass is 32.1. The van der Waals surface area contributed by atoms with Gasteiger partial charge in [-0.1, -0.05) is 42.5 Å². The van der Waals surface area contributed by atoms with Gasteiger partial charge in [0.25, 0.3) is 0 Å². The van der Waals surface area contributed by atoms with Crippen LogP contribution >= 0.6 is 11.3 Å². The van der Waals surface area contributed by atoms with Crippen LogP contribution in [0.25, 0.3) is 10.2 Å². The molecule has 2 amide bonds. The van der Waals surface area contributed by atoms with E-state index in [4.69, 9.17) is 0 Å². The maximum Gasteiger partial charge on any atom is 0.222 e. The molecule has 0 radical (unpaired) electrons. The summed E-state index contributed by atoms with van der Waals surface area (Å²) in [7, 11) is 0. The Balaban J connectivity index is 1.62. The van der Waals surface area contributed by atoms with Gasteiger partial charge in [0.1, 0.15) is 5.01 Å². The zero-order chi connectivity index (χ0) is 17.6. The molecular formula is C19H19N3O2S. The van der Waals surface area contributed by atoms with Crippen LogP contribution in [0.1, 0.15) is 30.0 Å². The van der Waals surface area contributed by atoms with E-state index in [1.165, 1.54) is 6.92 Å². The molecule has 0 saturated carbocycles. The number of para-hydroxylation sites is 1. The summed E-state index contributed by atoms with van der Waals surface area (Å²) in [6.45, 7) is 1.84. The molecule has 25 heavy (non-hydrogen) atoms. The Morgan fingerprint density at radius 1 is 1.08 bits per heavy atom. The van der Waals surface area contributed by atoms with E-state index in [-0.39, 0.29) is 24.3 Å². The van der Waals surface area contributed by atoms with Gasteiger partial charge in [0.05, 0.1) is 29.2 Å².